The summed E-state index contributed by atoms with van der Waals surface area (Å²) in [6.45, 7) is 4.74. The van der Waals surface area contributed by atoms with Crippen LogP contribution in [0.2, 0.25) is 0 Å². The van der Waals surface area contributed by atoms with E-state index in [2.05, 4.69) is 22.3 Å². The van der Waals surface area contributed by atoms with Gasteiger partial charge in [-0.3, -0.25) is 4.79 Å². The summed E-state index contributed by atoms with van der Waals surface area (Å²) in [5, 5.41) is 7.00. The number of aryl methyl sites for hydroxylation is 1. The van der Waals surface area contributed by atoms with Crippen LogP contribution in [0, 0.1) is 0 Å². The smallest absolute Gasteiger partial charge is 0.156 e. The van der Waals surface area contributed by atoms with Crippen LogP contribution in [0.1, 0.15) is 26.1 Å². The predicted octanol–water partition coefficient (Wildman–Crippen LogP) is 0.408. The second kappa shape index (κ2) is 5.60. The Morgan fingerprint density at radius 1 is 1.67 bits per heavy atom. The number of carbonyl (C=O) groups excluding carboxylic acids is 1. The number of nitrogens with one attached hydrogen (secondary N) is 1. The molecule has 1 unspecified atom stereocenters. The molecule has 5 nitrogen and oxygen atoms in total. The van der Waals surface area contributed by atoms with E-state index in [1.807, 2.05) is 6.92 Å². The molecule has 0 aliphatic carbocycles. The third kappa shape index (κ3) is 3.13. The Labute approximate surface area is 89.9 Å². The van der Waals surface area contributed by atoms with Crippen LogP contribution < -0.4 is 5.32 Å². The van der Waals surface area contributed by atoms with Gasteiger partial charge in [0.15, 0.2) is 5.78 Å². The van der Waals surface area contributed by atoms with Crippen molar-refractivity contribution < 1.29 is 4.79 Å². The quantitative estimate of drug-likeness (QED) is 0.738. The van der Waals surface area contributed by atoms with Gasteiger partial charge in [-0.2, -0.15) is 5.10 Å². The molecule has 0 saturated heterocycles. The van der Waals surface area contributed by atoms with Crippen molar-refractivity contribution in [1.82, 2.24) is 20.1 Å². The van der Waals surface area contributed by atoms with Gasteiger partial charge in [0.2, 0.25) is 0 Å². The van der Waals surface area contributed by atoms with Gasteiger partial charge < -0.3 is 5.32 Å². The highest BCUT2D eigenvalue weighted by atomic mass is 16.1. The number of rotatable bonds is 6. The van der Waals surface area contributed by atoms with Crippen molar-refractivity contribution in [2.24, 2.45) is 0 Å². The molecule has 0 aliphatic heterocycles. The Morgan fingerprint density at radius 3 is 3.00 bits per heavy atom. The van der Waals surface area contributed by atoms with Crippen molar-refractivity contribution in [1.29, 1.82) is 0 Å². The molecule has 1 atom stereocenters. The van der Waals surface area contributed by atoms with E-state index in [0.717, 1.165) is 18.8 Å². The Morgan fingerprint density at radius 2 is 2.40 bits per heavy atom. The lowest BCUT2D eigenvalue weighted by Gasteiger charge is -2.08. The van der Waals surface area contributed by atoms with Crippen molar-refractivity contribution >= 4 is 5.78 Å². The lowest BCUT2D eigenvalue weighted by Crippen LogP contribution is -2.32. The van der Waals surface area contributed by atoms with Gasteiger partial charge in [-0.05, 0) is 20.4 Å². The van der Waals surface area contributed by atoms with E-state index < -0.39 is 0 Å². The van der Waals surface area contributed by atoms with Crippen molar-refractivity contribution in [2.75, 3.05) is 7.05 Å². The first kappa shape index (κ1) is 11.8. The number of hydrogen-bond acceptors (Lipinski definition) is 4. The maximum atomic E-state index is 11.7. The molecule has 0 fully saturated rings. The van der Waals surface area contributed by atoms with Crippen molar-refractivity contribution in [2.45, 2.75) is 39.3 Å². The lowest BCUT2D eigenvalue weighted by molar-refractivity contribution is -0.120. The molecule has 1 rings (SSSR count). The van der Waals surface area contributed by atoms with Gasteiger partial charge in [-0.1, -0.05) is 6.92 Å². The third-order valence-electron chi connectivity index (χ3n) is 2.38. The predicted molar refractivity (Wildman–Crippen MR) is 57.5 cm³/mol. The zero-order chi connectivity index (χ0) is 11.3. The zero-order valence-electron chi connectivity index (χ0n) is 9.53. The summed E-state index contributed by atoms with van der Waals surface area (Å²) in [5.74, 6) is 0.895. The number of likely N-dealkylation sites (N-methyl/N-ethyl adjacent to an activating group) is 1. The summed E-state index contributed by atoms with van der Waals surface area (Å²) in [6.07, 6.45) is 2.84. The molecule has 0 radical (unpaired) electrons. The second-order valence-corrected chi connectivity index (χ2v) is 3.55. The van der Waals surface area contributed by atoms with Crippen LogP contribution in [-0.2, 0) is 17.8 Å². The van der Waals surface area contributed by atoms with Gasteiger partial charge in [0.1, 0.15) is 12.2 Å². The minimum absolute atomic E-state index is 0.128. The first-order valence-corrected chi connectivity index (χ1v) is 5.25. The molecule has 0 saturated carbocycles. The Bertz CT molecular complexity index is 321. The first-order valence-electron chi connectivity index (χ1n) is 5.25. The maximum Gasteiger partial charge on any atom is 0.156 e. The molecule has 0 aromatic carbocycles. The van der Waals surface area contributed by atoms with E-state index in [9.17, 15) is 4.79 Å². The maximum absolute atomic E-state index is 11.7. The number of aromatic nitrogens is 3. The number of carbonyl (C=O) groups is 1. The van der Waals surface area contributed by atoms with Crippen molar-refractivity contribution in [3.63, 3.8) is 0 Å². The fourth-order valence-electron chi connectivity index (χ4n) is 1.29. The van der Waals surface area contributed by atoms with Gasteiger partial charge in [0.25, 0.3) is 0 Å². The summed E-state index contributed by atoms with van der Waals surface area (Å²) in [6, 6.07) is -0.128. The summed E-state index contributed by atoms with van der Waals surface area (Å²) >= 11 is 0. The van der Waals surface area contributed by atoms with E-state index in [0.29, 0.717) is 6.42 Å². The SMILES string of the molecule is CCCn1ncnc1CC(=O)C(C)NC. The monoisotopic (exact) mass is 210 g/mol. The van der Waals surface area contributed by atoms with Crippen LogP contribution >= 0.6 is 0 Å². The number of hydrogen-bond donors (Lipinski definition) is 1. The van der Waals surface area contributed by atoms with Crippen molar-refractivity contribution in [3.8, 4) is 0 Å². The number of ketones is 1. The average Bonchev–Trinajstić information content (AvgIpc) is 2.65. The lowest BCUT2D eigenvalue weighted by atomic mass is 10.1. The molecule has 15 heavy (non-hydrogen) atoms. The molecule has 0 amide bonds. The van der Waals surface area contributed by atoms with Gasteiger partial charge in [0.05, 0.1) is 12.5 Å². The second-order valence-electron chi connectivity index (χ2n) is 3.55. The Balaban J connectivity index is 2.63. The van der Waals surface area contributed by atoms with Crippen LogP contribution in [0.4, 0.5) is 0 Å². The minimum atomic E-state index is -0.128. The largest absolute Gasteiger partial charge is 0.311 e. The zero-order valence-corrected chi connectivity index (χ0v) is 9.53. The molecule has 0 aliphatic rings. The number of nitrogens with zero attached hydrogens (tertiary/aromatic N) is 3. The van der Waals surface area contributed by atoms with Crippen LogP contribution in [-0.4, -0.2) is 33.6 Å². The Kier molecular flexibility index (Phi) is 4.42. The van der Waals surface area contributed by atoms with Crippen LogP contribution in [0.5, 0.6) is 0 Å². The molecular formula is C10H18N4O. The molecule has 84 valence electrons. The van der Waals surface area contributed by atoms with E-state index in [1.54, 1.807) is 11.7 Å². The van der Waals surface area contributed by atoms with Gasteiger partial charge >= 0.3 is 0 Å². The van der Waals surface area contributed by atoms with Gasteiger partial charge in [-0.25, -0.2) is 9.67 Å². The van der Waals surface area contributed by atoms with Crippen LogP contribution in [0.25, 0.3) is 0 Å². The molecule has 1 N–H and O–H groups in total. The summed E-state index contributed by atoms with van der Waals surface area (Å²) in [5.41, 5.74) is 0. The molecule has 0 spiro atoms. The van der Waals surface area contributed by atoms with E-state index in [1.165, 1.54) is 6.33 Å². The molecule has 1 aromatic heterocycles. The standard InChI is InChI=1S/C10H18N4O/c1-4-5-14-10(12-7-13-14)6-9(15)8(2)11-3/h7-8,11H,4-6H2,1-3H3. The fourth-order valence-corrected chi connectivity index (χ4v) is 1.29. The minimum Gasteiger partial charge on any atom is -0.311 e. The third-order valence-corrected chi connectivity index (χ3v) is 2.38. The van der Waals surface area contributed by atoms with Crippen molar-refractivity contribution in [3.05, 3.63) is 12.2 Å². The highest BCUT2D eigenvalue weighted by Gasteiger charge is 2.14. The molecule has 0 bridgehead atoms. The van der Waals surface area contributed by atoms with E-state index in [-0.39, 0.29) is 11.8 Å². The van der Waals surface area contributed by atoms with Gasteiger partial charge in [-0.15, -0.1) is 0 Å². The van der Waals surface area contributed by atoms with Crippen LogP contribution in [0.3, 0.4) is 0 Å². The fraction of sp³-hybridized carbons (Fsp3) is 0.700. The van der Waals surface area contributed by atoms with E-state index >= 15 is 0 Å². The first-order chi connectivity index (χ1) is 7.19. The Hall–Kier alpha value is -1.23. The highest BCUT2D eigenvalue weighted by molar-refractivity contribution is 5.85. The highest BCUT2D eigenvalue weighted by Crippen LogP contribution is 2.00. The number of Topliss-reactive ketones (excluding diaryl/α,β-unsaturated/α-hetero) is 1. The molecule has 5 heteroatoms. The van der Waals surface area contributed by atoms with Crippen LogP contribution in [0.15, 0.2) is 6.33 Å². The van der Waals surface area contributed by atoms with E-state index in [4.69, 9.17) is 0 Å². The summed E-state index contributed by atoms with van der Waals surface area (Å²) < 4.78 is 1.79. The summed E-state index contributed by atoms with van der Waals surface area (Å²) in [7, 11) is 1.78. The topological polar surface area (TPSA) is 59.8 Å². The van der Waals surface area contributed by atoms with Gasteiger partial charge in [0, 0.05) is 6.54 Å². The average molecular weight is 210 g/mol. The molecule has 1 heterocycles. The normalized spacial score (nSPS) is 12.7. The molecular weight excluding hydrogens is 192 g/mol. The molecule has 1 aromatic rings. The summed E-state index contributed by atoms with van der Waals surface area (Å²) in [4.78, 5) is 15.7.